The molecule has 8 heteroatoms. The third-order valence-electron chi connectivity index (χ3n) is 3.93. The fourth-order valence-corrected chi connectivity index (χ4v) is 3.37. The smallest absolute Gasteiger partial charge is 0.191 e. The van der Waals surface area contributed by atoms with Crippen LogP contribution in [-0.4, -0.2) is 48.6 Å². The van der Waals surface area contributed by atoms with Crippen LogP contribution in [0.5, 0.6) is 5.75 Å². The second-order valence-corrected chi connectivity index (χ2v) is 6.42. The van der Waals surface area contributed by atoms with Gasteiger partial charge in [0.15, 0.2) is 11.1 Å². The molecule has 1 aromatic heterocycles. The Hall–Kier alpha value is -1.55. The van der Waals surface area contributed by atoms with Gasteiger partial charge in [-0.05, 0) is 24.6 Å². The second-order valence-electron chi connectivity index (χ2n) is 5.54. The lowest BCUT2D eigenvalue weighted by Gasteiger charge is -2.35. The Bertz CT molecular complexity index is 671. The van der Waals surface area contributed by atoms with Crippen molar-refractivity contribution in [3.8, 4) is 5.75 Å². The number of ether oxygens (including phenoxy) is 1. The lowest BCUT2D eigenvalue weighted by atomic mass is 10.2. The Morgan fingerprint density at radius 1 is 1.32 bits per heavy atom. The molecule has 25 heavy (non-hydrogen) atoms. The summed E-state index contributed by atoms with van der Waals surface area (Å²) < 4.78 is 5.52. The van der Waals surface area contributed by atoms with Crippen molar-refractivity contribution >= 4 is 46.4 Å². The maximum atomic E-state index is 6.17. The van der Waals surface area contributed by atoms with E-state index in [0.29, 0.717) is 19.1 Å². The van der Waals surface area contributed by atoms with Gasteiger partial charge in [-0.2, -0.15) is 0 Å². The van der Waals surface area contributed by atoms with Crippen LogP contribution in [0.2, 0.25) is 0 Å². The van der Waals surface area contributed by atoms with Crippen LogP contribution in [0.1, 0.15) is 12.5 Å². The monoisotopic (exact) mass is 473 g/mol. The van der Waals surface area contributed by atoms with Crippen LogP contribution in [0.25, 0.3) is 0 Å². The van der Waals surface area contributed by atoms with E-state index in [1.807, 2.05) is 42.8 Å². The molecule has 2 heterocycles. The highest BCUT2D eigenvalue weighted by atomic mass is 127. The summed E-state index contributed by atoms with van der Waals surface area (Å²) in [6, 6.07) is 8.00. The van der Waals surface area contributed by atoms with Crippen LogP contribution < -0.4 is 15.4 Å². The summed E-state index contributed by atoms with van der Waals surface area (Å²) in [5, 5.41) is 3.09. The number of piperazine rings is 1. The van der Waals surface area contributed by atoms with Gasteiger partial charge in [0.05, 0.1) is 13.2 Å². The van der Waals surface area contributed by atoms with Gasteiger partial charge >= 0.3 is 0 Å². The van der Waals surface area contributed by atoms with Gasteiger partial charge in [-0.25, -0.2) is 9.98 Å². The summed E-state index contributed by atoms with van der Waals surface area (Å²) in [7, 11) is 0. The molecule has 3 rings (SSSR count). The van der Waals surface area contributed by atoms with Gasteiger partial charge in [-0.15, -0.1) is 35.3 Å². The molecule has 136 valence electrons. The number of nitrogens with zero attached hydrogens (tertiary/aromatic N) is 4. The van der Waals surface area contributed by atoms with Gasteiger partial charge in [-0.3, -0.25) is 0 Å². The molecule has 1 saturated heterocycles. The molecule has 0 spiro atoms. The molecule has 6 nitrogen and oxygen atoms in total. The molecule has 2 aromatic rings. The predicted molar refractivity (Wildman–Crippen MR) is 114 cm³/mol. The van der Waals surface area contributed by atoms with Crippen LogP contribution in [0.15, 0.2) is 40.8 Å². The van der Waals surface area contributed by atoms with Gasteiger partial charge in [-0.1, -0.05) is 12.1 Å². The van der Waals surface area contributed by atoms with E-state index in [1.165, 1.54) is 0 Å². The Morgan fingerprint density at radius 2 is 2.12 bits per heavy atom. The highest BCUT2D eigenvalue weighted by molar-refractivity contribution is 14.0. The molecular formula is C17H24IN5OS. The molecular weight excluding hydrogens is 449 g/mol. The van der Waals surface area contributed by atoms with E-state index in [1.54, 1.807) is 11.3 Å². The van der Waals surface area contributed by atoms with Crippen molar-refractivity contribution in [3.05, 3.63) is 41.4 Å². The molecule has 0 bridgehead atoms. The summed E-state index contributed by atoms with van der Waals surface area (Å²) in [6.45, 7) is 6.79. The molecule has 0 saturated carbocycles. The molecule has 0 radical (unpaired) electrons. The summed E-state index contributed by atoms with van der Waals surface area (Å²) >= 11 is 1.67. The third kappa shape index (κ3) is 5.46. The summed E-state index contributed by atoms with van der Waals surface area (Å²) in [5.74, 6) is 1.48. The van der Waals surface area contributed by atoms with Crippen molar-refractivity contribution in [2.24, 2.45) is 10.7 Å². The second kappa shape index (κ2) is 9.81. The van der Waals surface area contributed by atoms with E-state index in [2.05, 4.69) is 19.8 Å². The predicted octanol–water partition coefficient (Wildman–Crippen LogP) is 2.80. The van der Waals surface area contributed by atoms with Crippen molar-refractivity contribution in [1.29, 1.82) is 0 Å². The Labute approximate surface area is 169 Å². The van der Waals surface area contributed by atoms with Crippen molar-refractivity contribution in [1.82, 2.24) is 9.88 Å². The average molecular weight is 473 g/mol. The quantitative estimate of drug-likeness (QED) is 0.411. The van der Waals surface area contributed by atoms with Crippen LogP contribution in [-0.2, 0) is 6.54 Å². The third-order valence-corrected chi connectivity index (χ3v) is 4.76. The fourth-order valence-electron chi connectivity index (χ4n) is 2.67. The molecule has 1 aromatic carbocycles. The SMILES string of the molecule is CCOc1cccc(CN=C(N)N2CCN(c3nccs3)CC2)c1.I. The lowest BCUT2D eigenvalue weighted by Crippen LogP contribution is -2.51. The zero-order valence-electron chi connectivity index (χ0n) is 14.3. The number of nitrogens with two attached hydrogens (primary N) is 1. The Morgan fingerprint density at radius 3 is 2.80 bits per heavy atom. The molecule has 0 atom stereocenters. The summed E-state index contributed by atoms with van der Waals surface area (Å²) in [5.41, 5.74) is 7.27. The highest BCUT2D eigenvalue weighted by Gasteiger charge is 2.19. The zero-order chi connectivity index (χ0) is 16.8. The molecule has 2 N–H and O–H groups in total. The summed E-state index contributed by atoms with van der Waals surface area (Å²) in [6.07, 6.45) is 1.85. The minimum absolute atomic E-state index is 0. The Balaban J connectivity index is 0.00000225. The molecule has 1 aliphatic rings. The number of aliphatic imine (C=N–C) groups is 1. The standard InChI is InChI=1S/C17H23N5OS.HI/c1-2-23-15-5-3-4-14(12-15)13-20-16(18)21-7-9-22(10-8-21)17-19-6-11-24-17;/h3-6,11-12H,2,7-10,13H2,1H3,(H2,18,20);1H. The first-order valence-electron chi connectivity index (χ1n) is 8.17. The maximum Gasteiger partial charge on any atom is 0.191 e. The molecule has 1 aliphatic heterocycles. The van der Waals surface area contributed by atoms with Gasteiger partial charge in [0, 0.05) is 37.8 Å². The number of hydrogen-bond donors (Lipinski definition) is 1. The molecule has 0 unspecified atom stereocenters. The van der Waals surface area contributed by atoms with Crippen molar-refractivity contribution in [3.63, 3.8) is 0 Å². The number of rotatable bonds is 5. The number of thiazole rings is 1. The van der Waals surface area contributed by atoms with Crippen LogP contribution in [0.4, 0.5) is 5.13 Å². The molecule has 0 aliphatic carbocycles. The van der Waals surface area contributed by atoms with Gasteiger partial charge < -0.3 is 20.3 Å². The number of hydrogen-bond acceptors (Lipinski definition) is 5. The first-order chi connectivity index (χ1) is 11.8. The molecule has 0 amide bonds. The van der Waals surface area contributed by atoms with E-state index in [9.17, 15) is 0 Å². The number of aromatic nitrogens is 1. The maximum absolute atomic E-state index is 6.17. The van der Waals surface area contributed by atoms with Gasteiger partial charge in [0.25, 0.3) is 0 Å². The van der Waals surface area contributed by atoms with Crippen molar-refractivity contribution in [2.75, 3.05) is 37.7 Å². The number of halogens is 1. The normalized spacial score (nSPS) is 15.0. The minimum Gasteiger partial charge on any atom is -0.494 e. The van der Waals surface area contributed by atoms with Crippen molar-refractivity contribution < 1.29 is 4.74 Å². The van der Waals surface area contributed by atoms with E-state index < -0.39 is 0 Å². The fraction of sp³-hybridized carbons (Fsp3) is 0.412. The lowest BCUT2D eigenvalue weighted by molar-refractivity contribution is 0.340. The summed E-state index contributed by atoms with van der Waals surface area (Å²) in [4.78, 5) is 13.3. The average Bonchev–Trinajstić information content (AvgIpc) is 3.15. The van der Waals surface area contributed by atoms with Gasteiger partial charge in [0.2, 0.25) is 0 Å². The van der Waals surface area contributed by atoms with E-state index in [0.717, 1.165) is 42.6 Å². The first kappa shape index (κ1) is 19.8. The van der Waals surface area contributed by atoms with Crippen LogP contribution in [0, 0.1) is 0 Å². The number of guanidine groups is 1. The van der Waals surface area contributed by atoms with E-state index in [-0.39, 0.29) is 24.0 Å². The van der Waals surface area contributed by atoms with E-state index in [4.69, 9.17) is 10.5 Å². The largest absolute Gasteiger partial charge is 0.494 e. The highest BCUT2D eigenvalue weighted by Crippen LogP contribution is 2.19. The topological polar surface area (TPSA) is 67.0 Å². The number of benzene rings is 1. The number of anilines is 1. The first-order valence-corrected chi connectivity index (χ1v) is 9.05. The van der Waals surface area contributed by atoms with E-state index >= 15 is 0 Å². The minimum atomic E-state index is 0. The van der Waals surface area contributed by atoms with Gasteiger partial charge in [0.1, 0.15) is 5.75 Å². The zero-order valence-corrected chi connectivity index (χ0v) is 17.4. The van der Waals surface area contributed by atoms with Crippen LogP contribution in [0.3, 0.4) is 0 Å². The Kier molecular flexibility index (Phi) is 7.76. The van der Waals surface area contributed by atoms with Crippen LogP contribution >= 0.6 is 35.3 Å². The van der Waals surface area contributed by atoms with Crippen molar-refractivity contribution in [2.45, 2.75) is 13.5 Å². The molecule has 1 fully saturated rings.